The van der Waals surface area contributed by atoms with Crippen molar-refractivity contribution in [3.05, 3.63) is 70.0 Å². The van der Waals surface area contributed by atoms with Gasteiger partial charge in [-0.05, 0) is 36.8 Å². The Balaban J connectivity index is 2.03. The molecule has 0 fully saturated rings. The lowest BCUT2D eigenvalue weighted by Crippen LogP contribution is -2.02. The number of hydrogen-bond acceptors (Lipinski definition) is 2. The predicted molar refractivity (Wildman–Crippen MR) is 85.7 cm³/mol. The molecule has 0 N–H and O–H groups in total. The number of pyridine rings is 1. The fourth-order valence-electron chi connectivity index (χ4n) is 2.28. The molecule has 3 nitrogen and oxygen atoms in total. The minimum Gasteiger partial charge on any atom is -0.326 e. The molecule has 2 heterocycles. The number of hydrogen-bond donors (Lipinski definition) is 0. The molecule has 0 saturated heterocycles. The molecule has 0 aliphatic heterocycles. The molecule has 112 valence electrons. The van der Waals surface area contributed by atoms with Crippen LogP contribution in [0, 0.1) is 12.7 Å². The molecule has 0 aliphatic rings. The van der Waals surface area contributed by atoms with Gasteiger partial charge in [0, 0.05) is 28.0 Å². The van der Waals surface area contributed by atoms with E-state index in [1.165, 1.54) is 6.07 Å². The van der Waals surface area contributed by atoms with E-state index in [0.717, 1.165) is 17.5 Å². The zero-order valence-corrected chi connectivity index (χ0v) is 13.2. The summed E-state index contributed by atoms with van der Waals surface area (Å²) < 4.78 is 15.3. The van der Waals surface area contributed by atoms with Crippen LogP contribution in [0.15, 0.2) is 42.9 Å². The Kier molecular flexibility index (Phi) is 4.14. The van der Waals surface area contributed by atoms with Gasteiger partial charge in [0.15, 0.2) is 0 Å². The summed E-state index contributed by atoms with van der Waals surface area (Å²) >= 11 is 12.2. The number of aromatic nitrogens is 3. The molecule has 2 aromatic heterocycles. The number of aryl methyl sites for hydroxylation is 1. The number of rotatable bonds is 3. The fraction of sp³-hybridized carbons (Fsp3) is 0.125. The molecule has 0 unspecified atom stereocenters. The van der Waals surface area contributed by atoms with Gasteiger partial charge in [0.25, 0.3) is 0 Å². The smallest absolute Gasteiger partial charge is 0.142 e. The Morgan fingerprint density at radius 3 is 2.77 bits per heavy atom. The topological polar surface area (TPSA) is 30.7 Å². The molecule has 3 rings (SSSR count). The van der Waals surface area contributed by atoms with Crippen LogP contribution in [0.2, 0.25) is 10.0 Å². The van der Waals surface area contributed by atoms with Crippen LogP contribution in [0.3, 0.4) is 0 Å². The Labute approximate surface area is 137 Å². The Morgan fingerprint density at radius 1 is 1.18 bits per heavy atom. The van der Waals surface area contributed by atoms with Gasteiger partial charge < -0.3 is 4.57 Å². The first kappa shape index (κ1) is 15.0. The maximum Gasteiger partial charge on any atom is 0.142 e. The Hall–Kier alpha value is -1.91. The minimum atomic E-state index is -0.398. The lowest BCUT2D eigenvalue weighted by molar-refractivity contribution is 0.621. The van der Waals surface area contributed by atoms with Crippen LogP contribution >= 0.6 is 23.2 Å². The molecule has 0 atom stereocenters. The second kappa shape index (κ2) is 6.07. The van der Waals surface area contributed by atoms with Gasteiger partial charge in [0.1, 0.15) is 11.6 Å². The first-order chi connectivity index (χ1) is 10.5. The van der Waals surface area contributed by atoms with E-state index < -0.39 is 5.82 Å². The highest BCUT2D eigenvalue weighted by atomic mass is 35.5. The van der Waals surface area contributed by atoms with Gasteiger partial charge in [-0.15, -0.1) is 0 Å². The first-order valence-corrected chi connectivity index (χ1v) is 7.37. The van der Waals surface area contributed by atoms with Crippen molar-refractivity contribution >= 4 is 23.2 Å². The zero-order valence-electron chi connectivity index (χ0n) is 11.7. The summed E-state index contributed by atoms with van der Waals surface area (Å²) in [5.41, 5.74) is 2.32. The van der Waals surface area contributed by atoms with Crippen LogP contribution in [0.1, 0.15) is 11.3 Å². The average molecular weight is 336 g/mol. The van der Waals surface area contributed by atoms with E-state index in [9.17, 15) is 4.39 Å². The van der Waals surface area contributed by atoms with Crippen molar-refractivity contribution in [1.82, 2.24) is 14.5 Å². The van der Waals surface area contributed by atoms with E-state index in [-0.39, 0.29) is 0 Å². The van der Waals surface area contributed by atoms with E-state index in [2.05, 4.69) is 9.97 Å². The van der Waals surface area contributed by atoms with E-state index in [1.54, 1.807) is 18.3 Å². The van der Waals surface area contributed by atoms with E-state index >= 15 is 0 Å². The van der Waals surface area contributed by atoms with Gasteiger partial charge in [0.05, 0.1) is 18.4 Å². The highest BCUT2D eigenvalue weighted by Crippen LogP contribution is 2.25. The highest BCUT2D eigenvalue weighted by molar-refractivity contribution is 6.33. The van der Waals surface area contributed by atoms with Crippen molar-refractivity contribution in [2.45, 2.75) is 13.5 Å². The third-order valence-electron chi connectivity index (χ3n) is 3.21. The van der Waals surface area contributed by atoms with Crippen molar-refractivity contribution < 1.29 is 4.39 Å². The van der Waals surface area contributed by atoms with Gasteiger partial charge in [-0.25, -0.2) is 9.37 Å². The minimum absolute atomic E-state index is 0.398. The van der Waals surface area contributed by atoms with Gasteiger partial charge in [-0.1, -0.05) is 23.2 Å². The van der Waals surface area contributed by atoms with Crippen LogP contribution in [-0.4, -0.2) is 14.5 Å². The lowest BCUT2D eigenvalue weighted by Gasteiger charge is -2.10. The van der Waals surface area contributed by atoms with Crippen molar-refractivity contribution in [1.29, 1.82) is 0 Å². The van der Waals surface area contributed by atoms with E-state index in [0.29, 0.717) is 28.0 Å². The number of halogens is 3. The molecular formula is C16H12Cl2FN3. The van der Waals surface area contributed by atoms with Crippen LogP contribution in [-0.2, 0) is 6.54 Å². The second-order valence-corrected chi connectivity index (χ2v) is 5.80. The van der Waals surface area contributed by atoms with Gasteiger partial charge in [-0.2, -0.15) is 0 Å². The summed E-state index contributed by atoms with van der Waals surface area (Å²) in [5.74, 6) is 0.242. The first-order valence-electron chi connectivity index (χ1n) is 6.61. The molecule has 1 aromatic carbocycles. The van der Waals surface area contributed by atoms with Crippen LogP contribution in [0.4, 0.5) is 4.39 Å². The second-order valence-electron chi connectivity index (χ2n) is 4.96. The molecule has 0 spiro atoms. The normalized spacial score (nSPS) is 10.9. The monoisotopic (exact) mass is 335 g/mol. The summed E-state index contributed by atoms with van der Waals surface area (Å²) in [5, 5.41) is 1.24. The van der Waals surface area contributed by atoms with Crippen LogP contribution in [0.5, 0.6) is 0 Å². The molecule has 22 heavy (non-hydrogen) atoms. The molecular weight excluding hydrogens is 324 g/mol. The van der Waals surface area contributed by atoms with E-state index in [4.69, 9.17) is 23.2 Å². The van der Waals surface area contributed by atoms with Crippen molar-refractivity contribution in [3.8, 4) is 11.4 Å². The molecule has 0 amide bonds. The van der Waals surface area contributed by atoms with Crippen molar-refractivity contribution in [2.24, 2.45) is 0 Å². The molecule has 0 aliphatic carbocycles. The highest BCUT2D eigenvalue weighted by Gasteiger charge is 2.12. The third kappa shape index (κ3) is 3.13. The van der Waals surface area contributed by atoms with Gasteiger partial charge in [-0.3, -0.25) is 4.98 Å². The Bertz CT molecular complexity index is 830. The molecule has 6 heteroatoms. The van der Waals surface area contributed by atoms with Crippen molar-refractivity contribution in [3.63, 3.8) is 0 Å². The summed E-state index contributed by atoms with van der Waals surface area (Å²) in [4.78, 5) is 8.32. The SMILES string of the molecule is Cc1cn(Cc2cc(Cl)ccc2Cl)c(-c2cncc(F)c2)n1. The van der Waals surface area contributed by atoms with Crippen LogP contribution < -0.4 is 0 Å². The third-order valence-corrected chi connectivity index (χ3v) is 3.81. The largest absolute Gasteiger partial charge is 0.326 e. The predicted octanol–water partition coefficient (Wildman–Crippen LogP) is 4.75. The van der Waals surface area contributed by atoms with Gasteiger partial charge in [0.2, 0.25) is 0 Å². The number of nitrogens with zero attached hydrogens (tertiary/aromatic N) is 3. The van der Waals surface area contributed by atoms with E-state index in [1.807, 2.05) is 23.8 Å². The number of imidazole rings is 1. The zero-order chi connectivity index (χ0) is 15.7. The fourth-order valence-corrected chi connectivity index (χ4v) is 2.65. The molecule has 0 radical (unpaired) electrons. The maximum atomic E-state index is 13.4. The summed E-state index contributed by atoms with van der Waals surface area (Å²) in [6.07, 6.45) is 4.63. The van der Waals surface area contributed by atoms with Crippen LogP contribution in [0.25, 0.3) is 11.4 Å². The summed E-state index contributed by atoms with van der Waals surface area (Å²) in [6.45, 7) is 2.37. The lowest BCUT2D eigenvalue weighted by atomic mass is 10.2. The molecule has 0 saturated carbocycles. The summed E-state index contributed by atoms with van der Waals surface area (Å²) in [7, 11) is 0. The molecule has 3 aromatic rings. The maximum absolute atomic E-state index is 13.4. The average Bonchev–Trinajstić information content (AvgIpc) is 2.84. The van der Waals surface area contributed by atoms with Crippen molar-refractivity contribution in [2.75, 3.05) is 0 Å². The Morgan fingerprint density at radius 2 is 2.00 bits per heavy atom. The number of benzene rings is 1. The standard InChI is InChI=1S/C16H12Cl2FN3/c1-10-8-22(9-12-4-13(17)2-3-15(12)18)16(21-10)11-5-14(19)7-20-6-11/h2-8H,9H2,1H3. The summed E-state index contributed by atoms with van der Waals surface area (Å²) in [6, 6.07) is 6.72. The molecule has 0 bridgehead atoms. The van der Waals surface area contributed by atoms with Gasteiger partial charge >= 0.3 is 0 Å². The quantitative estimate of drug-likeness (QED) is 0.691.